The molecule has 3 N–H and O–H groups in total. The van der Waals surface area contributed by atoms with Crippen molar-refractivity contribution in [3.63, 3.8) is 0 Å². The third kappa shape index (κ3) is 3.90. The second kappa shape index (κ2) is 7.25. The zero-order chi connectivity index (χ0) is 17.8. The summed E-state index contributed by atoms with van der Waals surface area (Å²) in [6.45, 7) is 2.05. The van der Waals surface area contributed by atoms with Crippen molar-refractivity contribution < 1.29 is 13.6 Å². The molecule has 0 aromatic carbocycles. The van der Waals surface area contributed by atoms with Gasteiger partial charge in [0.1, 0.15) is 11.5 Å². The molecular formula is C17H17F2N5O. The number of anilines is 2. The highest BCUT2D eigenvalue weighted by Crippen LogP contribution is 2.22. The van der Waals surface area contributed by atoms with E-state index in [1.54, 1.807) is 6.20 Å². The minimum Gasteiger partial charge on any atom is -0.344 e. The monoisotopic (exact) mass is 345 g/mol. The molecule has 3 heterocycles. The number of unbranched alkanes of at least 4 members (excludes halogenated alkanes) is 1. The summed E-state index contributed by atoms with van der Waals surface area (Å²) < 4.78 is 27.3. The number of fused-ring (bicyclic) bond motifs is 1. The number of rotatable bonds is 5. The molecule has 0 fully saturated rings. The fraction of sp³-hybridized carbons (Fsp3) is 0.235. The van der Waals surface area contributed by atoms with Crippen LogP contribution in [0.5, 0.6) is 0 Å². The van der Waals surface area contributed by atoms with Gasteiger partial charge in [-0.05, 0) is 30.5 Å². The van der Waals surface area contributed by atoms with Crippen LogP contribution in [-0.2, 0) is 6.42 Å². The molecule has 130 valence electrons. The maximum Gasteiger partial charge on any atom is 0.324 e. The Morgan fingerprint density at radius 3 is 2.80 bits per heavy atom. The third-order valence-corrected chi connectivity index (χ3v) is 3.69. The first kappa shape index (κ1) is 16.8. The molecule has 2 amide bonds. The number of amides is 2. The SMILES string of the molecule is CCCCc1cnc(NC(=O)Nc2c[nH]c3ncc(F)cc23)c(F)c1. The highest BCUT2D eigenvalue weighted by molar-refractivity contribution is 6.04. The van der Waals surface area contributed by atoms with E-state index in [-0.39, 0.29) is 5.82 Å². The number of H-pyrrole nitrogens is 1. The van der Waals surface area contributed by atoms with Crippen LogP contribution in [0, 0.1) is 11.6 Å². The van der Waals surface area contributed by atoms with Crippen molar-refractivity contribution in [1.82, 2.24) is 15.0 Å². The van der Waals surface area contributed by atoms with Crippen LogP contribution in [0.3, 0.4) is 0 Å². The molecule has 0 atom stereocenters. The van der Waals surface area contributed by atoms with Crippen molar-refractivity contribution >= 4 is 28.6 Å². The van der Waals surface area contributed by atoms with Crippen LogP contribution in [0.4, 0.5) is 25.1 Å². The molecule has 0 aliphatic heterocycles. The van der Waals surface area contributed by atoms with E-state index in [9.17, 15) is 13.6 Å². The van der Waals surface area contributed by atoms with Crippen LogP contribution in [0.2, 0.25) is 0 Å². The van der Waals surface area contributed by atoms with Crippen molar-refractivity contribution in [1.29, 1.82) is 0 Å². The predicted molar refractivity (Wildman–Crippen MR) is 91.5 cm³/mol. The largest absolute Gasteiger partial charge is 0.344 e. The Hall–Kier alpha value is -3.03. The van der Waals surface area contributed by atoms with E-state index in [1.807, 2.05) is 0 Å². The first-order chi connectivity index (χ1) is 12.1. The second-order valence-electron chi connectivity index (χ2n) is 5.61. The van der Waals surface area contributed by atoms with Crippen LogP contribution in [0.25, 0.3) is 11.0 Å². The fourth-order valence-electron chi connectivity index (χ4n) is 2.43. The highest BCUT2D eigenvalue weighted by atomic mass is 19.1. The molecule has 3 rings (SSSR count). The second-order valence-corrected chi connectivity index (χ2v) is 5.61. The van der Waals surface area contributed by atoms with Gasteiger partial charge in [0.05, 0.1) is 11.9 Å². The molecule has 0 saturated carbocycles. The number of pyridine rings is 2. The fourth-order valence-corrected chi connectivity index (χ4v) is 2.43. The number of nitrogens with zero attached hydrogens (tertiary/aromatic N) is 2. The number of halogens is 2. The van der Waals surface area contributed by atoms with Crippen LogP contribution in [0.15, 0.2) is 30.7 Å². The zero-order valence-electron chi connectivity index (χ0n) is 13.6. The minimum absolute atomic E-state index is 0.165. The molecule has 25 heavy (non-hydrogen) atoms. The van der Waals surface area contributed by atoms with E-state index in [0.29, 0.717) is 16.7 Å². The van der Waals surface area contributed by atoms with Gasteiger partial charge in [-0.25, -0.2) is 23.5 Å². The van der Waals surface area contributed by atoms with Crippen LogP contribution >= 0.6 is 0 Å². The van der Waals surface area contributed by atoms with Crippen molar-refractivity contribution in [2.45, 2.75) is 26.2 Å². The van der Waals surface area contributed by atoms with Crippen molar-refractivity contribution in [2.75, 3.05) is 10.6 Å². The van der Waals surface area contributed by atoms with E-state index >= 15 is 0 Å². The molecule has 6 nitrogen and oxygen atoms in total. The number of hydrogen-bond donors (Lipinski definition) is 3. The predicted octanol–water partition coefficient (Wildman–Crippen LogP) is 4.22. The number of aryl methyl sites for hydroxylation is 1. The van der Waals surface area contributed by atoms with Gasteiger partial charge in [0.15, 0.2) is 11.6 Å². The normalized spacial score (nSPS) is 10.8. The molecule has 0 aliphatic carbocycles. The Balaban J connectivity index is 1.70. The lowest BCUT2D eigenvalue weighted by atomic mass is 10.1. The summed E-state index contributed by atoms with van der Waals surface area (Å²) in [5, 5.41) is 5.28. The highest BCUT2D eigenvalue weighted by Gasteiger charge is 2.12. The van der Waals surface area contributed by atoms with Gasteiger partial charge in [0, 0.05) is 17.8 Å². The average molecular weight is 345 g/mol. The van der Waals surface area contributed by atoms with Gasteiger partial charge in [-0.15, -0.1) is 0 Å². The van der Waals surface area contributed by atoms with Crippen LogP contribution in [0.1, 0.15) is 25.3 Å². The lowest BCUT2D eigenvalue weighted by Crippen LogP contribution is -2.20. The van der Waals surface area contributed by atoms with Crippen LogP contribution in [-0.4, -0.2) is 21.0 Å². The quantitative estimate of drug-likeness (QED) is 0.647. The lowest BCUT2D eigenvalue weighted by molar-refractivity contribution is 0.262. The Morgan fingerprint density at radius 1 is 1.20 bits per heavy atom. The summed E-state index contributed by atoms with van der Waals surface area (Å²) in [6.07, 6.45) is 6.78. The van der Waals surface area contributed by atoms with Gasteiger partial charge in [0.2, 0.25) is 0 Å². The van der Waals surface area contributed by atoms with Gasteiger partial charge >= 0.3 is 6.03 Å². The topological polar surface area (TPSA) is 82.7 Å². The molecule has 3 aromatic rings. The Morgan fingerprint density at radius 2 is 2.04 bits per heavy atom. The van der Waals surface area contributed by atoms with Crippen LogP contribution < -0.4 is 10.6 Å². The number of hydrogen-bond acceptors (Lipinski definition) is 3. The van der Waals surface area contributed by atoms with E-state index < -0.39 is 17.7 Å². The molecule has 0 saturated heterocycles. The van der Waals surface area contributed by atoms with Crippen molar-refractivity contribution in [3.8, 4) is 0 Å². The smallest absolute Gasteiger partial charge is 0.324 e. The molecule has 3 aromatic heterocycles. The maximum atomic E-state index is 14.1. The molecule has 0 aliphatic rings. The lowest BCUT2D eigenvalue weighted by Gasteiger charge is -2.08. The van der Waals surface area contributed by atoms with E-state index in [0.717, 1.165) is 31.0 Å². The van der Waals surface area contributed by atoms with E-state index in [4.69, 9.17) is 0 Å². The van der Waals surface area contributed by atoms with E-state index in [2.05, 4.69) is 32.5 Å². The third-order valence-electron chi connectivity index (χ3n) is 3.69. The van der Waals surface area contributed by atoms with Crippen molar-refractivity contribution in [3.05, 3.63) is 47.9 Å². The summed E-state index contributed by atoms with van der Waals surface area (Å²) in [7, 11) is 0. The minimum atomic E-state index is -0.683. The molecule has 8 heteroatoms. The van der Waals surface area contributed by atoms with Gasteiger partial charge in [-0.2, -0.15) is 0 Å². The molecule has 0 unspecified atom stereocenters. The summed E-state index contributed by atoms with van der Waals surface area (Å²) in [6, 6.07) is 1.93. The number of aromatic amines is 1. The number of urea groups is 1. The van der Waals surface area contributed by atoms with Crippen molar-refractivity contribution in [2.24, 2.45) is 0 Å². The molecule has 0 spiro atoms. The maximum absolute atomic E-state index is 14.1. The van der Waals surface area contributed by atoms with Gasteiger partial charge < -0.3 is 10.3 Å². The van der Waals surface area contributed by atoms with Gasteiger partial charge in [0.25, 0.3) is 0 Å². The number of carbonyl (C=O) groups is 1. The zero-order valence-corrected chi connectivity index (χ0v) is 13.6. The summed E-state index contributed by atoms with van der Waals surface area (Å²) in [4.78, 5) is 22.7. The standard InChI is InChI=1S/C17H17F2N5O/c1-2-3-4-10-5-13(19)16(20-7-10)24-17(25)23-14-9-22-15-12(14)6-11(18)8-21-15/h5-9H,2-4H2,1H3,(H,21,22)(H2,20,23,24,25). The first-order valence-corrected chi connectivity index (χ1v) is 7.92. The number of carbonyl (C=O) groups excluding carboxylic acids is 1. The number of nitrogens with one attached hydrogen (secondary N) is 3. The summed E-state index contributed by atoms with van der Waals surface area (Å²) in [5.41, 5.74) is 1.55. The molecule has 0 radical (unpaired) electrons. The summed E-state index contributed by atoms with van der Waals surface area (Å²) >= 11 is 0. The van der Waals surface area contributed by atoms with Gasteiger partial charge in [-0.3, -0.25) is 5.32 Å². The summed E-state index contributed by atoms with van der Waals surface area (Å²) in [5.74, 6) is -1.29. The average Bonchev–Trinajstić information content (AvgIpc) is 2.97. The Kier molecular flexibility index (Phi) is 4.87. The molecule has 0 bridgehead atoms. The van der Waals surface area contributed by atoms with Gasteiger partial charge in [-0.1, -0.05) is 13.3 Å². The Labute approximate surface area is 142 Å². The Bertz CT molecular complexity index is 909. The van der Waals surface area contributed by atoms with E-state index in [1.165, 1.54) is 18.3 Å². The number of aromatic nitrogens is 3. The first-order valence-electron chi connectivity index (χ1n) is 7.92. The molecular weight excluding hydrogens is 328 g/mol.